The van der Waals surface area contributed by atoms with Crippen LogP contribution in [-0.4, -0.2) is 26.6 Å². The van der Waals surface area contributed by atoms with Crippen LogP contribution in [0.4, 0.5) is 0 Å². The van der Waals surface area contributed by atoms with Crippen LogP contribution >= 0.6 is 0 Å². The largest absolute Gasteiger partial charge is 0.426 e. The Balaban J connectivity index is 2.13. The van der Waals surface area contributed by atoms with Gasteiger partial charge in [-0.15, -0.1) is 10.2 Å². The molecule has 2 rings (SSSR count). The fourth-order valence-electron chi connectivity index (χ4n) is 1.75. The summed E-state index contributed by atoms with van der Waals surface area (Å²) >= 11 is 0. The summed E-state index contributed by atoms with van der Waals surface area (Å²) in [7, 11) is 0. The first-order valence-electron chi connectivity index (χ1n) is 6.10. The van der Waals surface area contributed by atoms with Gasteiger partial charge in [-0.25, -0.2) is 0 Å². The summed E-state index contributed by atoms with van der Waals surface area (Å²) in [6.45, 7) is 6.07. The van der Waals surface area contributed by atoms with Gasteiger partial charge in [0.2, 0.25) is 0 Å². The third-order valence-electron chi connectivity index (χ3n) is 2.71. The van der Waals surface area contributed by atoms with E-state index in [1.54, 1.807) is 0 Å². The molecule has 0 saturated heterocycles. The Kier molecular flexibility index (Phi) is 3.89. The molecule has 100 valence electrons. The summed E-state index contributed by atoms with van der Waals surface area (Å²) < 4.78 is 5.40. The van der Waals surface area contributed by atoms with Crippen LogP contribution in [-0.2, 0) is 11.2 Å². The van der Waals surface area contributed by atoms with E-state index in [0.29, 0.717) is 11.6 Å². The molecule has 0 fully saturated rings. The van der Waals surface area contributed by atoms with Crippen LogP contribution < -0.4 is 4.74 Å². The molecule has 0 bridgehead atoms. The van der Waals surface area contributed by atoms with Crippen LogP contribution in [0, 0.1) is 6.92 Å². The van der Waals surface area contributed by atoms with Crippen LogP contribution in [0.15, 0.2) is 18.2 Å². The molecule has 0 aliphatic heterocycles. The second kappa shape index (κ2) is 5.60. The highest BCUT2D eigenvalue weighted by atomic mass is 16.5. The molecule has 1 aromatic heterocycles. The lowest BCUT2D eigenvalue weighted by Crippen LogP contribution is -2.13. The first kappa shape index (κ1) is 13.2. The van der Waals surface area contributed by atoms with Gasteiger partial charge in [0, 0.05) is 0 Å². The zero-order valence-electron chi connectivity index (χ0n) is 11.2. The van der Waals surface area contributed by atoms with Crippen LogP contribution in [0.2, 0.25) is 0 Å². The molecule has 2 aromatic rings. The quantitative estimate of drug-likeness (QED) is 0.669. The highest BCUT2D eigenvalue weighted by Gasteiger charge is 2.14. The van der Waals surface area contributed by atoms with E-state index in [-0.39, 0.29) is 12.3 Å². The number of hydrogen-bond donors (Lipinski definition) is 1. The van der Waals surface area contributed by atoms with E-state index in [2.05, 4.69) is 34.5 Å². The Labute approximate surface area is 111 Å². The van der Waals surface area contributed by atoms with Crippen LogP contribution in [0.25, 0.3) is 0 Å². The highest BCUT2D eigenvalue weighted by Crippen LogP contribution is 2.27. The van der Waals surface area contributed by atoms with Crippen molar-refractivity contribution in [1.82, 2.24) is 20.6 Å². The standard InChI is InChI=1S/C13H16N4O2/c1-8(2)10-5-4-9(3)6-11(10)19-13(18)7-12-14-16-17-15-12/h4-6,8H,7H2,1-3H3,(H,14,15,16,17). The van der Waals surface area contributed by atoms with Gasteiger partial charge in [-0.05, 0) is 30.0 Å². The number of carbonyl (C=O) groups is 1. The van der Waals surface area contributed by atoms with Crippen LogP contribution in [0.1, 0.15) is 36.7 Å². The third kappa shape index (κ3) is 3.37. The molecule has 0 atom stereocenters. The molecule has 1 N–H and O–H groups in total. The van der Waals surface area contributed by atoms with Crippen molar-refractivity contribution in [2.24, 2.45) is 0 Å². The predicted octanol–water partition coefficient (Wildman–Crippen LogP) is 1.78. The average Bonchev–Trinajstić information content (AvgIpc) is 2.81. The lowest BCUT2D eigenvalue weighted by molar-refractivity contribution is -0.133. The van der Waals surface area contributed by atoms with Crippen molar-refractivity contribution in [2.75, 3.05) is 0 Å². The Morgan fingerprint density at radius 3 is 2.84 bits per heavy atom. The molecular formula is C13H16N4O2. The van der Waals surface area contributed by atoms with Crippen molar-refractivity contribution in [3.8, 4) is 5.75 Å². The highest BCUT2D eigenvalue weighted by molar-refractivity contribution is 5.74. The van der Waals surface area contributed by atoms with E-state index in [9.17, 15) is 4.79 Å². The molecule has 19 heavy (non-hydrogen) atoms. The first-order valence-corrected chi connectivity index (χ1v) is 6.10. The summed E-state index contributed by atoms with van der Waals surface area (Å²) in [6.07, 6.45) is 0.00196. The summed E-state index contributed by atoms with van der Waals surface area (Å²) in [5, 5.41) is 13.1. The Morgan fingerprint density at radius 1 is 1.42 bits per heavy atom. The SMILES string of the molecule is Cc1ccc(C(C)C)c(OC(=O)Cc2nn[nH]n2)c1. The van der Waals surface area contributed by atoms with Gasteiger partial charge in [-0.1, -0.05) is 31.2 Å². The topological polar surface area (TPSA) is 80.8 Å². The molecule has 0 spiro atoms. The molecule has 0 aliphatic rings. The Bertz CT molecular complexity index is 564. The van der Waals surface area contributed by atoms with Crippen LogP contribution in [0.5, 0.6) is 5.75 Å². The number of carbonyl (C=O) groups excluding carboxylic acids is 1. The number of benzene rings is 1. The van der Waals surface area contributed by atoms with E-state index in [1.807, 2.05) is 25.1 Å². The van der Waals surface area contributed by atoms with E-state index < -0.39 is 5.97 Å². The number of nitrogens with one attached hydrogen (secondary N) is 1. The lowest BCUT2D eigenvalue weighted by Gasteiger charge is -2.13. The van der Waals surface area contributed by atoms with Crippen molar-refractivity contribution in [2.45, 2.75) is 33.1 Å². The maximum Gasteiger partial charge on any atom is 0.319 e. The van der Waals surface area contributed by atoms with E-state index >= 15 is 0 Å². The van der Waals surface area contributed by atoms with Crippen molar-refractivity contribution < 1.29 is 9.53 Å². The maximum absolute atomic E-state index is 11.8. The number of H-pyrrole nitrogens is 1. The van der Waals surface area contributed by atoms with Gasteiger partial charge in [0.25, 0.3) is 0 Å². The van der Waals surface area contributed by atoms with E-state index in [1.165, 1.54) is 0 Å². The average molecular weight is 260 g/mol. The zero-order chi connectivity index (χ0) is 13.8. The predicted molar refractivity (Wildman–Crippen MR) is 68.8 cm³/mol. The second-order valence-electron chi connectivity index (χ2n) is 4.67. The normalized spacial score (nSPS) is 10.7. The maximum atomic E-state index is 11.8. The van der Waals surface area contributed by atoms with Gasteiger partial charge < -0.3 is 4.74 Å². The van der Waals surface area contributed by atoms with Crippen molar-refractivity contribution in [3.05, 3.63) is 35.2 Å². The smallest absolute Gasteiger partial charge is 0.319 e. The molecule has 0 radical (unpaired) electrons. The van der Waals surface area contributed by atoms with Crippen molar-refractivity contribution in [1.29, 1.82) is 0 Å². The molecule has 1 heterocycles. The van der Waals surface area contributed by atoms with E-state index in [4.69, 9.17) is 4.74 Å². The fourth-order valence-corrected chi connectivity index (χ4v) is 1.75. The molecule has 1 aromatic carbocycles. The number of tetrazole rings is 1. The monoisotopic (exact) mass is 260 g/mol. The molecule has 0 amide bonds. The first-order chi connectivity index (χ1) is 9.06. The number of hydrogen-bond acceptors (Lipinski definition) is 5. The Morgan fingerprint density at radius 2 is 2.21 bits per heavy atom. The number of aromatic nitrogens is 4. The van der Waals surface area contributed by atoms with Gasteiger partial charge in [-0.2, -0.15) is 5.21 Å². The molecule has 6 nitrogen and oxygen atoms in total. The number of aromatic amines is 1. The minimum Gasteiger partial charge on any atom is -0.426 e. The summed E-state index contributed by atoms with van der Waals surface area (Å²) in [4.78, 5) is 11.8. The minimum atomic E-state index is -0.395. The van der Waals surface area contributed by atoms with Crippen molar-refractivity contribution >= 4 is 5.97 Å². The third-order valence-corrected chi connectivity index (χ3v) is 2.71. The summed E-state index contributed by atoms with van der Waals surface area (Å²) in [6, 6.07) is 5.85. The second-order valence-corrected chi connectivity index (χ2v) is 4.67. The summed E-state index contributed by atoms with van der Waals surface area (Å²) in [5.41, 5.74) is 2.05. The molecule has 0 unspecified atom stereocenters. The molecular weight excluding hydrogens is 244 g/mol. The molecule has 6 heteroatoms. The number of nitrogens with zero attached hydrogens (tertiary/aromatic N) is 3. The van der Waals surface area contributed by atoms with Gasteiger partial charge >= 0.3 is 5.97 Å². The van der Waals surface area contributed by atoms with Crippen LogP contribution in [0.3, 0.4) is 0 Å². The van der Waals surface area contributed by atoms with Gasteiger partial charge in [0.05, 0.1) is 0 Å². The number of aryl methyl sites for hydroxylation is 1. The zero-order valence-corrected chi connectivity index (χ0v) is 11.2. The lowest BCUT2D eigenvalue weighted by atomic mass is 10.0. The van der Waals surface area contributed by atoms with Gasteiger partial charge in [-0.3, -0.25) is 4.79 Å². The minimum absolute atomic E-state index is 0.00196. The van der Waals surface area contributed by atoms with Gasteiger partial charge in [0.15, 0.2) is 5.82 Å². The van der Waals surface area contributed by atoms with E-state index in [0.717, 1.165) is 11.1 Å². The molecule has 0 saturated carbocycles. The number of ether oxygens (including phenoxy) is 1. The number of esters is 1. The van der Waals surface area contributed by atoms with Crippen molar-refractivity contribution in [3.63, 3.8) is 0 Å². The fraction of sp³-hybridized carbons (Fsp3) is 0.385. The molecule has 0 aliphatic carbocycles. The van der Waals surface area contributed by atoms with Gasteiger partial charge in [0.1, 0.15) is 12.2 Å². The number of rotatable bonds is 4. The summed E-state index contributed by atoms with van der Waals surface area (Å²) in [5.74, 6) is 0.815. The Hall–Kier alpha value is -2.24.